The fraction of sp³-hybridized carbons (Fsp3) is 1.00. The maximum Gasteiger partial charge on any atom is 0.0721 e. The minimum Gasteiger partial charge on any atom is -0.371 e. The van der Waals surface area contributed by atoms with Crippen molar-refractivity contribution >= 4 is 0 Å². The Bertz CT molecular complexity index is 233. The third kappa shape index (κ3) is 4.54. The summed E-state index contributed by atoms with van der Waals surface area (Å²) >= 11 is 0. The Kier molecular flexibility index (Phi) is 4.42. The molecule has 2 rings (SSSR count). The number of nitrogens with zero attached hydrogens (tertiary/aromatic N) is 2. The Balaban J connectivity index is 1.70. The molecule has 2 fully saturated rings. The summed E-state index contributed by atoms with van der Waals surface area (Å²) in [6.07, 6.45) is 1.61. The van der Waals surface area contributed by atoms with Gasteiger partial charge in [-0.05, 0) is 27.2 Å². The fourth-order valence-corrected chi connectivity index (χ4v) is 2.66. The largest absolute Gasteiger partial charge is 0.371 e. The molecule has 0 aliphatic carbocycles. The Labute approximate surface area is 105 Å². The molecule has 0 amide bonds. The van der Waals surface area contributed by atoms with Gasteiger partial charge < -0.3 is 10.1 Å². The van der Waals surface area contributed by atoms with E-state index >= 15 is 0 Å². The van der Waals surface area contributed by atoms with E-state index < -0.39 is 0 Å². The Morgan fingerprint density at radius 2 is 1.82 bits per heavy atom. The molecule has 2 heterocycles. The SMILES string of the molecule is CC(C)(C)OC1CCN(CN2CCNCC2)C1. The van der Waals surface area contributed by atoms with E-state index in [1.54, 1.807) is 0 Å². The molecule has 0 radical (unpaired) electrons. The van der Waals surface area contributed by atoms with Crippen molar-refractivity contribution in [3.05, 3.63) is 0 Å². The number of ether oxygens (including phenoxy) is 1. The second-order valence-electron chi connectivity index (χ2n) is 6.23. The average Bonchev–Trinajstić information content (AvgIpc) is 2.64. The number of rotatable bonds is 3. The lowest BCUT2D eigenvalue weighted by Crippen LogP contribution is -2.48. The van der Waals surface area contributed by atoms with Gasteiger partial charge in [-0.25, -0.2) is 0 Å². The number of hydrogen-bond acceptors (Lipinski definition) is 4. The summed E-state index contributed by atoms with van der Waals surface area (Å²) in [6.45, 7) is 14.5. The van der Waals surface area contributed by atoms with Crippen LogP contribution in [0.1, 0.15) is 27.2 Å². The van der Waals surface area contributed by atoms with Crippen molar-refractivity contribution in [3.8, 4) is 0 Å². The molecule has 17 heavy (non-hydrogen) atoms. The minimum atomic E-state index is -0.00425. The molecule has 4 nitrogen and oxygen atoms in total. The molecule has 1 N–H and O–H groups in total. The molecule has 1 unspecified atom stereocenters. The lowest BCUT2D eigenvalue weighted by Gasteiger charge is -2.31. The van der Waals surface area contributed by atoms with Crippen LogP contribution < -0.4 is 5.32 Å². The lowest BCUT2D eigenvalue weighted by molar-refractivity contribution is -0.0554. The molecule has 1 atom stereocenters. The van der Waals surface area contributed by atoms with Crippen LogP contribution >= 0.6 is 0 Å². The van der Waals surface area contributed by atoms with Crippen LogP contribution in [-0.4, -0.2) is 67.4 Å². The summed E-state index contributed by atoms with van der Waals surface area (Å²) in [6, 6.07) is 0. The summed E-state index contributed by atoms with van der Waals surface area (Å²) < 4.78 is 6.05. The van der Waals surface area contributed by atoms with Gasteiger partial charge in [0.1, 0.15) is 0 Å². The first-order valence-corrected chi connectivity index (χ1v) is 6.86. The number of likely N-dealkylation sites (tertiary alicyclic amines) is 1. The predicted octanol–water partition coefficient (Wildman–Crippen LogP) is 0.739. The van der Waals surface area contributed by atoms with Crippen molar-refractivity contribution in [1.82, 2.24) is 15.1 Å². The molecule has 4 heteroatoms. The van der Waals surface area contributed by atoms with Gasteiger partial charge in [0.15, 0.2) is 0 Å². The van der Waals surface area contributed by atoms with Crippen LogP contribution in [0.25, 0.3) is 0 Å². The van der Waals surface area contributed by atoms with Crippen LogP contribution in [-0.2, 0) is 4.74 Å². The van der Waals surface area contributed by atoms with Crippen molar-refractivity contribution < 1.29 is 4.74 Å². The van der Waals surface area contributed by atoms with Gasteiger partial charge in [-0.2, -0.15) is 0 Å². The third-order valence-electron chi connectivity index (χ3n) is 3.36. The maximum absolute atomic E-state index is 6.05. The lowest BCUT2D eigenvalue weighted by atomic mass is 10.2. The summed E-state index contributed by atoms with van der Waals surface area (Å²) in [5.74, 6) is 0. The molecule has 2 aliphatic rings. The van der Waals surface area contributed by atoms with E-state index in [9.17, 15) is 0 Å². The van der Waals surface area contributed by atoms with Gasteiger partial charge in [0, 0.05) is 39.3 Å². The van der Waals surface area contributed by atoms with E-state index in [-0.39, 0.29) is 5.60 Å². The highest BCUT2D eigenvalue weighted by atomic mass is 16.5. The maximum atomic E-state index is 6.05. The van der Waals surface area contributed by atoms with Crippen LogP contribution in [0, 0.1) is 0 Å². The van der Waals surface area contributed by atoms with Crippen molar-refractivity contribution in [3.63, 3.8) is 0 Å². The Hall–Kier alpha value is -0.160. The van der Waals surface area contributed by atoms with Crippen LogP contribution in [0.4, 0.5) is 0 Å². The van der Waals surface area contributed by atoms with Crippen LogP contribution in [0.2, 0.25) is 0 Å². The molecule has 0 bridgehead atoms. The predicted molar refractivity (Wildman–Crippen MR) is 70.1 cm³/mol. The minimum absolute atomic E-state index is 0.00425. The molecule has 0 aromatic rings. The molecule has 2 aliphatic heterocycles. The van der Waals surface area contributed by atoms with Crippen LogP contribution in [0.15, 0.2) is 0 Å². The molecular weight excluding hydrogens is 214 g/mol. The van der Waals surface area contributed by atoms with Crippen LogP contribution in [0.3, 0.4) is 0 Å². The Morgan fingerprint density at radius 3 is 2.47 bits per heavy atom. The average molecular weight is 241 g/mol. The van der Waals surface area contributed by atoms with Crippen molar-refractivity contribution in [2.75, 3.05) is 45.9 Å². The number of piperazine rings is 1. The summed E-state index contributed by atoms with van der Waals surface area (Å²) in [5, 5.41) is 3.39. The van der Waals surface area contributed by atoms with Gasteiger partial charge in [0.05, 0.1) is 18.4 Å². The molecule has 100 valence electrons. The zero-order valence-corrected chi connectivity index (χ0v) is 11.5. The highest BCUT2D eigenvalue weighted by Crippen LogP contribution is 2.19. The van der Waals surface area contributed by atoms with Gasteiger partial charge in [-0.3, -0.25) is 9.80 Å². The van der Waals surface area contributed by atoms with E-state index in [2.05, 4.69) is 35.9 Å². The van der Waals surface area contributed by atoms with E-state index in [0.29, 0.717) is 6.10 Å². The van der Waals surface area contributed by atoms with Crippen molar-refractivity contribution in [2.24, 2.45) is 0 Å². The molecule has 0 spiro atoms. The highest BCUT2D eigenvalue weighted by Gasteiger charge is 2.28. The van der Waals surface area contributed by atoms with Gasteiger partial charge in [-0.1, -0.05) is 0 Å². The highest BCUT2D eigenvalue weighted by molar-refractivity contribution is 4.79. The van der Waals surface area contributed by atoms with Gasteiger partial charge in [0.2, 0.25) is 0 Å². The fourth-order valence-electron chi connectivity index (χ4n) is 2.66. The molecule has 0 aromatic heterocycles. The first-order chi connectivity index (χ1) is 8.03. The standard InChI is InChI=1S/C13H27N3O/c1-13(2,3)17-12-4-7-16(10-12)11-15-8-5-14-6-9-15/h12,14H,4-11H2,1-3H3. The molecule has 0 saturated carbocycles. The Morgan fingerprint density at radius 1 is 1.12 bits per heavy atom. The first-order valence-electron chi connectivity index (χ1n) is 6.86. The third-order valence-corrected chi connectivity index (χ3v) is 3.36. The van der Waals surface area contributed by atoms with E-state index in [1.165, 1.54) is 26.1 Å². The van der Waals surface area contributed by atoms with Crippen molar-refractivity contribution in [1.29, 1.82) is 0 Å². The van der Waals surface area contributed by atoms with Crippen LogP contribution in [0.5, 0.6) is 0 Å². The van der Waals surface area contributed by atoms with Crippen molar-refractivity contribution in [2.45, 2.75) is 38.9 Å². The smallest absolute Gasteiger partial charge is 0.0721 e. The quantitative estimate of drug-likeness (QED) is 0.789. The summed E-state index contributed by atoms with van der Waals surface area (Å²) in [5.41, 5.74) is -0.00425. The first kappa shape index (κ1) is 13.3. The molecule has 0 aromatic carbocycles. The van der Waals surface area contributed by atoms with Gasteiger partial charge >= 0.3 is 0 Å². The number of hydrogen-bond donors (Lipinski definition) is 1. The summed E-state index contributed by atoms with van der Waals surface area (Å²) in [7, 11) is 0. The molecular formula is C13H27N3O. The zero-order valence-electron chi connectivity index (χ0n) is 11.5. The van der Waals surface area contributed by atoms with E-state index in [0.717, 1.165) is 26.3 Å². The monoisotopic (exact) mass is 241 g/mol. The summed E-state index contributed by atoms with van der Waals surface area (Å²) in [4.78, 5) is 5.07. The zero-order chi connectivity index (χ0) is 12.3. The number of nitrogens with one attached hydrogen (secondary N) is 1. The molecule has 2 saturated heterocycles. The second-order valence-corrected chi connectivity index (χ2v) is 6.23. The van der Waals surface area contributed by atoms with Gasteiger partial charge in [-0.15, -0.1) is 0 Å². The van der Waals surface area contributed by atoms with Gasteiger partial charge in [0.25, 0.3) is 0 Å². The second kappa shape index (κ2) is 5.65. The topological polar surface area (TPSA) is 27.7 Å². The van der Waals surface area contributed by atoms with E-state index in [4.69, 9.17) is 4.74 Å². The normalized spacial score (nSPS) is 28.8. The van der Waals surface area contributed by atoms with E-state index in [1.807, 2.05) is 0 Å².